The molecule has 0 fully saturated rings. The lowest BCUT2D eigenvalue weighted by Gasteiger charge is -2.20. The zero-order valence-corrected chi connectivity index (χ0v) is 21.5. The summed E-state index contributed by atoms with van der Waals surface area (Å²) in [6.45, 7) is 5.61. The first kappa shape index (κ1) is 24.3. The molecule has 0 saturated carbocycles. The van der Waals surface area contributed by atoms with Crippen molar-refractivity contribution < 1.29 is 9.62 Å². The number of fused-ring (bicyclic) bond motifs is 2. The molecule has 10 heteroatoms. The van der Waals surface area contributed by atoms with Gasteiger partial charge in [0, 0.05) is 23.6 Å². The molecule has 37 heavy (non-hydrogen) atoms. The Kier molecular flexibility index (Phi) is 6.08. The van der Waals surface area contributed by atoms with E-state index in [1.165, 1.54) is 0 Å². The lowest BCUT2D eigenvalue weighted by atomic mass is 9.99. The van der Waals surface area contributed by atoms with Crippen LogP contribution in [0.3, 0.4) is 0 Å². The SMILES string of the molecule is Cc1cc([C@@H](C)Nc2ccc(Cl)nc2/C(N)=N/O)c2oc(-c3nn(C)c4ccccc34)c(C)c(=O)c2c1. The van der Waals surface area contributed by atoms with Crippen LogP contribution in [0.25, 0.3) is 33.3 Å². The number of aryl methyl sites for hydroxylation is 2. The number of benzene rings is 2. The summed E-state index contributed by atoms with van der Waals surface area (Å²) >= 11 is 6.03. The standard InChI is InChI=1S/C27H25ClN6O3/c1-13-11-17(15(3)30-19-9-10-21(28)31-23(19)27(29)33-36)26-18(12-13)24(35)14(2)25(37-26)22-16-7-5-6-8-20(16)34(4)32-22/h5-12,15,30,36H,1-4H3,(H2,29,33)/t15-/m1/s1. The van der Waals surface area contributed by atoms with Crippen LogP contribution in [0.1, 0.15) is 35.3 Å². The molecule has 3 heterocycles. The maximum absolute atomic E-state index is 13.6. The van der Waals surface area contributed by atoms with Gasteiger partial charge in [-0.2, -0.15) is 5.10 Å². The highest BCUT2D eigenvalue weighted by atomic mass is 35.5. The molecule has 0 bridgehead atoms. The van der Waals surface area contributed by atoms with Crippen molar-refractivity contribution in [3.05, 3.63) is 86.3 Å². The molecule has 3 aromatic heterocycles. The summed E-state index contributed by atoms with van der Waals surface area (Å²) in [5.74, 6) is 0.245. The molecule has 9 nitrogen and oxygen atoms in total. The van der Waals surface area contributed by atoms with Crippen molar-refractivity contribution in [3.63, 3.8) is 0 Å². The number of nitrogens with one attached hydrogen (secondary N) is 1. The van der Waals surface area contributed by atoms with Crippen LogP contribution in [0.4, 0.5) is 5.69 Å². The number of nitrogens with zero attached hydrogens (tertiary/aromatic N) is 4. The summed E-state index contributed by atoms with van der Waals surface area (Å²) < 4.78 is 8.28. The lowest BCUT2D eigenvalue weighted by Crippen LogP contribution is -2.19. The molecule has 0 aliphatic carbocycles. The quantitative estimate of drug-likeness (QED) is 0.0951. The van der Waals surface area contributed by atoms with Gasteiger partial charge < -0.3 is 20.7 Å². The van der Waals surface area contributed by atoms with E-state index in [-0.39, 0.29) is 28.2 Å². The highest BCUT2D eigenvalue weighted by molar-refractivity contribution is 6.29. The predicted molar refractivity (Wildman–Crippen MR) is 145 cm³/mol. The van der Waals surface area contributed by atoms with Crippen molar-refractivity contribution in [2.24, 2.45) is 17.9 Å². The summed E-state index contributed by atoms with van der Waals surface area (Å²) in [6.07, 6.45) is 0. The first-order valence-corrected chi connectivity index (χ1v) is 12.0. The second kappa shape index (κ2) is 9.25. The van der Waals surface area contributed by atoms with E-state index in [1.54, 1.807) is 23.7 Å². The molecule has 1 atom stereocenters. The number of anilines is 1. The number of rotatable bonds is 5. The van der Waals surface area contributed by atoms with E-state index >= 15 is 0 Å². The summed E-state index contributed by atoms with van der Waals surface area (Å²) in [5, 5.41) is 21.9. The maximum atomic E-state index is 13.6. The molecule has 0 spiro atoms. The van der Waals surface area contributed by atoms with Crippen LogP contribution in [0.5, 0.6) is 0 Å². The van der Waals surface area contributed by atoms with Crippen LogP contribution in [0, 0.1) is 13.8 Å². The van der Waals surface area contributed by atoms with E-state index in [0.717, 1.165) is 22.0 Å². The van der Waals surface area contributed by atoms with Gasteiger partial charge in [-0.05, 0) is 50.6 Å². The van der Waals surface area contributed by atoms with E-state index in [2.05, 4.69) is 20.6 Å². The fourth-order valence-electron chi connectivity index (χ4n) is 4.60. The molecule has 2 aromatic carbocycles. The topological polar surface area (TPSA) is 132 Å². The van der Waals surface area contributed by atoms with E-state index in [1.807, 2.05) is 57.3 Å². The summed E-state index contributed by atoms with van der Waals surface area (Å²) in [7, 11) is 1.86. The smallest absolute Gasteiger partial charge is 0.196 e. The van der Waals surface area contributed by atoms with Gasteiger partial charge in [0.1, 0.15) is 22.1 Å². The zero-order chi connectivity index (χ0) is 26.4. The molecule has 0 radical (unpaired) electrons. The number of nitrogens with two attached hydrogens (primary N) is 1. The Balaban J connectivity index is 1.70. The average Bonchev–Trinajstić information content (AvgIpc) is 3.22. The number of amidine groups is 1. The largest absolute Gasteiger partial charge is 0.453 e. The molecule has 188 valence electrons. The third-order valence-electron chi connectivity index (χ3n) is 6.41. The maximum Gasteiger partial charge on any atom is 0.196 e. The Hall–Kier alpha value is -4.37. The Morgan fingerprint density at radius 3 is 2.70 bits per heavy atom. The van der Waals surface area contributed by atoms with Crippen LogP contribution >= 0.6 is 11.6 Å². The number of oxime groups is 1. The molecule has 0 saturated heterocycles. The fourth-order valence-corrected chi connectivity index (χ4v) is 4.75. The Morgan fingerprint density at radius 2 is 1.95 bits per heavy atom. The van der Waals surface area contributed by atoms with Gasteiger partial charge in [0.25, 0.3) is 0 Å². The zero-order valence-electron chi connectivity index (χ0n) is 20.7. The van der Waals surface area contributed by atoms with Gasteiger partial charge >= 0.3 is 0 Å². The number of aromatic nitrogens is 3. The minimum absolute atomic E-state index is 0.117. The van der Waals surface area contributed by atoms with Gasteiger partial charge in [0.05, 0.1) is 22.6 Å². The Bertz CT molecular complexity index is 1770. The minimum Gasteiger partial charge on any atom is -0.453 e. The van der Waals surface area contributed by atoms with Crippen molar-refractivity contribution in [2.75, 3.05) is 5.32 Å². The Labute approximate surface area is 217 Å². The van der Waals surface area contributed by atoms with Gasteiger partial charge in [0.15, 0.2) is 17.0 Å². The molecular formula is C27H25ClN6O3. The van der Waals surface area contributed by atoms with Crippen molar-refractivity contribution in [3.8, 4) is 11.5 Å². The molecule has 4 N–H and O–H groups in total. The second-order valence-corrected chi connectivity index (χ2v) is 9.37. The third-order valence-corrected chi connectivity index (χ3v) is 6.63. The van der Waals surface area contributed by atoms with Gasteiger partial charge in [0.2, 0.25) is 0 Å². The van der Waals surface area contributed by atoms with E-state index in [9.17, 15) is 10.0 Å². The van der Waals surface area contributed by atoms with Crippen LogP contribution in [-0.2, 0) is 7.05 Å². The summed E-state index contributed by atoms with van der Waals surface area (Å²) in [4.78, 5) is 17.8. The first-order chi connectivity index (χ1) is 17.7. The number of para-hydroxylation sites is 1. The molecular weight excluding hydrogens is 492 g/mol. The monoisotopic (exact) mass is 516 g/mol. The van der Waals surface area contributed by atoms with E-state index < -0.39 is 0 Å². The van der Waals surface area contributed by atoms with Gasteiger partial charge in [-0.15, -0.1) is 0 Å². The first-order valence-electron chi connectivity index (χ1n) is 11.6. The number of pyridine rings is 1. The lowest BCUT2D eigenvalue weighted by molar-refractivity contribution is 0.318. The Morgan fingerprint density at radius 1 is 1.19 bits per heavy atom. The highest BCUT2D eigenvalue weighted by Crippen LogP contribution is 2.34. The van der Waals surface area contributed by atoms with Crippen molar-refractivity contribution in [1.82, 2.24) is 14.8 Å². The van der Waals surface area contributed by atoms with Crippen molar-refractivity contribution in [2.45, 2.75) is 26.8 Å². The average molecular weight is 517 g/mol. The highest BCUT2D eigenvalue weighted by Gasteiger charge is 2.23. The molecule has 5 aromatic rings. The van der Waals surface area contributed by atoms with Crippen molar-refractivity contribution in [1.29, 1.82) is 0 Å². The fraction of sp³-hybridized carbons (Fsp3) is 0.185. The van der Waals surface area contributed by atoms with Gasteiger partial charge in [-0.25, -0.2) is 4.98 Å². The second-order valence-electron chi connectivity index (χ2n) is 8.99. The van der Waals surface area contributed by atoms with Crippen LogP contribution < -0.4 is 16.5 Å². The molecule has 0 aliphatic heterocycles. The molecule has 0 amide bonds. The molecule has 0 unspecified atom stereocenters. The summed E-state index contributed by atoms with van der Waals surface area (Å²) in [5.41, 5.74) is 10.6. The number of hydrogen-bond acceptors (Lipinski definition) is 7. The normalized spacial score (nSPS) is 12.8. The van der Waals surface area contributed by atoms with Crippen molar-refractivity contribution >= 4 is 45.0 Å². The summed E-state index contributed by atoms with van der Waals surface area (Å²) in [6, 6.07) is 14.6. The predicted octanol–water partition coefficient (Wildman–Crippen LogP) is 5.28. The minimum atomic E-state index is -0.352. The van der Waals surface area contributed by atoms with Gasteiger partial charge in [-0.3, -0.25) is 9.48 Å². The van der Waals surface area contributed by atoms with Crippen LogP contribution in [0.2, 0.25) is 5.15 Å². The van der Waals surface area contributed by atoms with Crippen LogP contribution in [-0.4, -0.2) is 25.8 Å². The third kappa shape index (κ3) is 4.17. The van der Waals surface area contributed by atoms with Gasteiger partial charge in [-0.1, -0.05) is 41.0 Å². The number of halogens is 1. The van der Waals surface area contributed by atoms with E-state index in [4.69, 9.17) is 21.8 Å². The number of hydrogen-bond donors (Lipinski definition) is 3. The molecule has 5 rings (SSSR count). The van der Waals surface area contributed by atoms with E-state index in [0.29, 0.717) is 33.7 Å². The van der Waals surface area contributed by atoms with Crippen LogP contribution in [0.15, 0.2) is 62.9 Å². The molecule has 0 aliphatic rings.